The second-order valence-electron chi connectivity index (χ2n) is 33.2. The number of carboxylic acids is 4. The molecule has 2 unspecified atom stereocenters. The molecule has 0 radical (unpaired) electrons. The number of carbonyl (C=O) groups is 23. The zero-order valence-electron chi connectivity index (χ0n) is 77.3. The molecule has 49 nitrogen and oxygen atoms in total. The van der Waals surface area contributed by atoms with Crippen molar-refractivity contribution >= 4 is 165 Å². The van der Waals surface area contributed by atoms with Crippen LogP contribution in [0.1, 0.15) is 178 Å². The summed E-state index contributed by atoms with van der Waals surface area (Å²) in [5.74, 6) is -32.3. The van der Waals surface area contributed by atoms with Gasteiger partial charge >= 0.3 is 29.8 Å². The number of nitrogen functional groups attached to an aromatic ring is 1. The second kappa shape index (κ2) is 59.7. The minimum absolute atomic E-state index is 0.00151. The molecule has 2 heterocycles. The molecule has 0 spiro atoms. The summed E-state index contributed by atoms with van der Waals surface area (Å²) in [5.41, 5.74) is 12.4. The van der Waals surface area contributed by atoms with Gasteiger partial charge in [0.1, 0.15) is 78.6 Å². The second-order valence-corrected chi connectivity index (χ2v) is 33.6. The number of fused-ring (bicyclic) bond motifs is 1. The first-order valence-electron chi connectivity index (χ1n) is 44.6. The molecular formula is C87H128N20O29S. The first-order valence-corrected chi connectivity index (χ1v) is 45.2. The molecule has 0 aliphatic carbocycles. The van der Waals surface area contributed by atoms with Crippen LogP contribution in [0.15, 0.2) is 54.7 Å². The Morgan fingerprint density at radius 3 is 1.70 bits per heavy atom. The van der Waals surface area contributed by atoms with Gasteiger partial charge in [0, 0.05) is 80.7 Å². The topological polar surface area (TPSA) is 758 Å². The Kier molecular flexibility index (Phi) is 50.3. The highest BCUT2D eigenvalue weighted by Crippen LogP contribution is 2.22. The molecule has 137 heavy (non-hydrogen) atoms. The number of primary amides is 1. The van der Waals surface area contributed by atoms with Gasteiger partial charge in [0.25, 0.3) is 0 Å². The quantitative estimate of drug-likeness (QED) is 0.00827. The van der Waals surface area contributed by atoms with Crippen molar-refractivity contribution < 1.29 is 141 Å². The molecule has 1 fully saturated rings. The smallest absolute Gasteiger partial charge is 0.329 e. The van der Waals surface area contributed by atoms with E-state index < -0.39 is 298 Å². The number of aliphatic carboxylic acids is 4. The molecule has 1 aliphatic heterocycles. The molecule has 3 aromatic rings. The highest BCUT2D eigenvalue weighted by molar-refractivity contribution is 7.80. The Bertz CT molecular complexity index is 4760. The van der Waals surface area contributed by atoms with Crippen LogP contribution in [-0.2, 0) is 117 Å². The third kappa shape index (κ3) is 41.8. The summed E-state index contributed by atoms with van der Waals surface area (Å²) in [7, 11) is 4.79. The van der Waals surface area contributed by atoms with E-state index in [1.807, 2.05) is 16.0 Å². The Morgan fingerprint density at radius 1 is 0.533 bits per heavy atom. The predicted octanol–water partition coefficient (Wildman–Crippen LogP) is -5.08. The highest BCUT2D eigenvalue weighted by Gasteiger charge is 2.42. The molecule has 0 bridgehead atoms. The molecular weight excluding hydrogens is 1820 g/mol. The largest absolute Gasteiger partial charge is 0.481 e. The number of hydrogen-bond donors (Lipinski definition) is 24. The van der Waals surface area contributed by atoms with E-state index in [0.29, 0.717) is 60.9 Å². The number of cyclic esters (lactones) is 1. The van der Waals surface area contributed by atoms with Gasteiger partial charge in [-0.15, -0.1) is 0 Å². The maximum absolute atomic E-state index is 15.1. The van der Waals surface area contributed by atoms with Crippen LogP contribution in [0.5, 0.6) is 0 Å². The SMILES string of the molecule is CCCCCCCCCC(=O)N[C@@H](Cc1c[nH]c2ccccc12)C(=O)N[C@H](CC(N)=O)C(=O)N[C@@H](CC(=O)O)C(=O)N[C@@H]1C(=O)NCC(=O)N[C@@H](CCCNC(=O)C[C@@H](C(=O)NCCN(C)C)N(C)C(=O)CCCCCS)C(=O)N[C@@H](CC(=O)O)C(=O)N[C@H](C)C(=O)N[C@@H](CC(=O)O)C(=O)NCC(=O)N[C@H](CO)C(=O)NC(C(C)CC(=O)O)C(=O)N[C@@H](CC(=O)c2ccccc2N)C(=O)O[C@@H]1C. The van der Waals surface area contributed by atoms with E-state index in [4.69, 9.17) is 16.2 Å². The first-order chi connectivity index (χ1) is 64.8. The van der Waals surface area contributed by atoms with Gasteiger partial charge in [-0.05, 0) is 95.5 Å². The van der Waals surface area contributed by atoms with E-state index in [9.17, 15) is 121 Å². The van der Waals surface area contributed by atoms with Crippen LogP contribution in [0.25, 0.3) is 10.9 Å². The Hall–Kier alpha value is -13.9. The number of hydrogen-bond acceptors (Lipinski definition) is 28. The lowest BCUT2D eigenvalue weighted by Crippen LogP contribution is -2.62. The number of nitrogens with zero attached hydrogens (tertiary/aromatic N) is 2. The number of aliphatic hydroxyl groups is 1. The zero-order valence-corrected chi connectivity index (χ0v) is 78.2. The number of anilines is 1. The van der Waals surface area contributed by atoms with Crippen molar-refractivity contribution in [1.82, 2.24) is 94.5 Å². The molecule has 1 aromatic heterocycles. The third-order valence-corrected chi connectivity index (χ3v) is 21.9. The number of ether oxygens (including phenoxy) is 1. The van der Waals surface area contributed by atoms with Gasteiger partial charge < -0.3 is 136 Å². The number of Topliss-reactive ketones (excluding diaryl/α,β-unsaturated/α-hetero) is 1. The fourth-order valence-corrected chi connectivity index (χ4v) is 14.3. The van der Waals surface area contributed by atoms with E-state index in [1.54, 1.807) is 49.5 Å². The number of carboxylic acid groups (broad SMARTS) is 4. The summed E-state index contributed by atoms with van der Waals surface area (Å²) in [5, 5.41) is 84.7. The van der Waals surface area contributed by atoms with Gasteiger partial charge in [0.2, 0.25) is 100 Å². The number of H-pyrrole nitrogens is 1. The standard InChI is InChI=1S/C87H128N20O29S/c1-8-9-10-11-12-13-15-28-65(111)97-55(35-49-42-92-53-26-20-18-23-50(49)53)80(128)100-56(37-64(89)110)81(129)102-59(40-73(122)123)82(130)105-75-48(4)136-87(135)60(36-63(109)51-24-17-19-25-52(51)88)103-86(134)74(46(2)34-70(116)117)104-83(131)61(45-108)98-68(114)43-93-77(125)57(38-71(118)119)99-76(124)47(3)95-79(127)58(39-72(120)121)101-78(126)54(96-67(113)44-94-85(75)133)27-22-30-90-66(112)41-62(84(132)91-31-32-106(5)6)107(7)69(115)29-16-14-21-33-137/h17-20,23-26,42,46-48,54-62,74-75,92,108,137H,8-16,21-22,27-41,43-45,88H2,1-7H3,(H2,89,110)(H,90,112)(H,91,132)(H,93,125)(H,94,133)(H,95,127)(H,96,113)(H,97,111)(H,98,114)(H,99,124)(H,100,128)(H,101,126)(H,102,129)(H,103,134)(H,104,131)(H,105,130)(H,116,117)(H,118,119)(H,120,121)(H,122,123)/t46?,47-,48-,54+,55+,56-,57+,58+,59+,60+,61-,62+,74?,75+/m1/s1. The number of nitrogens with one attached hydrogen (secondary N) is 16. The van der Waals surface area contributed by atoms with Crippen LogP contribution < -0.4 is 91.2 Å². The fraction of sp³-hybridized carbons (Fsp3) is 0.575. The minimum Gasteiger partial charge on any atom is -0.481 e. The summed E-state index contributed by atoms with van der Waals surface area (Å²) < 4.78 is 5.75. The zero-order chi connectivity index (χ0) is 102. The van der Waals surface area contributed by atoms with Crippen LogP contribution >= 0.6 is 12.6 Å². The molecule has 25 N–H and O–H groups in total. The van der Waals surface area contributed by atoms with Gasteiger partial charge in [-0.2, -0.15) is 12.6 Å². The molecule has 756 valence electrons. The summed E-state index contributed by atoms with van der Waals surface area (Å²) in [4.78, 5) is 325. The molecule has 1 aliphatic rings. The molecule has 17 amide bonds. The first kappa shape index (κ1) is 115. The molecule has 50 heteroatoms. The number of carbonyl (C=O) groups excluding carboxylic acids is 19. The number of aromatic amines is 1. The Labute approximate surface area is 793 Å². The number of aliphatic hydroxyl groups excluding tert-OH is 1. The number of unbranched alkanes of at least 4 members (excludes halogenated alkanes) is 8. The summed E-state index contributed by atoms with van der Waals surface area (Å²) in [6.07, 6.45) is -2.34. The van der Waals surface area contributed by atoms with Crippen molar-refractivity contribution in [3.8, 4) is 0 Å². The molecule has 4 rings (SSSR count). The molecule has 0 saturated carbocycles. The number of rotatable bonds is 48. The number of amides is 17. The van der Waals surface area contributed by atoms with E-state index in [1.165, 1.54) is 31.3 Å². The van der Waals surface area contributed by atoms with Crippen molar-refractivity contribution in [1.29, 1.82) is 0 Å². The average molecular weight is 1950 g/mol. The van der Waals surface area contributed by atoms with E-state index >= 15 is 14.4 Å². The van der Waals surface area contributed by atoms with Crippen LogP contribution in [0, 0.1) is 5.92 Å². The van der Waals surface area contributed by atoms with E-state index in [2.05, 4.69) is 88.3 Å². The number of para-hydroxylation sites is 2. The van der Waals surface area contributed by atoms with Crippen molar-refractivity contribution in [3.63, 3.8) is 0 Å². The van der Waals surface area contributed by atoms with Crippen molar-refractivity contribution in [2.24, 2.45) is 11.7 Å². The summed E-state index contributed by atoms with van der Waals surface area (Å²) in [6.45, 7) is 1.04. The van der Waals surface area contributed by atoms with Crippen molar-refractivity contribution in [3.05, 3.63) is 65.9 Å². The lowest BCUT2D eigenvalue weighted by Gasteiger charge is -2.30. The number of likely N-dealkylation sites (N-methyl/N-ethyl adjacent to an activating group) is 2. The molecule has 1 saturated heterocycles. The predicted molar refractivity (Wildman–Crippen MR) is 489 cm³/mol. The van der Waals surface area contributed by atoms with Crippen LogP contribution in [0.4, 0.5) is 5.69 Å². The van der Waals surface area contributed by atoms with Crippen molar-refractivity contribution in [2.45, 2.75) is 248 Å². The lowest BCUT2D eigenvalue weighted by atomic mass is 9.96. The normalized spacial score (nSPS) is 19.8. The number of esters is 1. The van der Waals surface area contributed by atoms with Gasteiger partial charge in [-0.3, -0.25) is 105 Å². The Morgan fingerprint density at radius 2 is 1.09 bits per heavy atom. The monoisotopic (exact) mass is 1950 g/mol. The maximum Gasteiger partial charge on any atom is 0.329 e. The van der Waals surface area contributed by atoms with Crippen LogP contribution in [0.3, 0.4) is 0 Å². The summed E-state index contributed by atoms with van der Waals surface area (Å²) in [6, 6.07) is -12.9. The van der Waals surface area contributed by atoms with Gasteiger partial charge in [0.05, 0.1) is 58.2 Å². The highest BCUT2D eigenvalue weighted by atomic mass is 32.1. The number of thiol groups is 1. The van der Waals surface area contributed by atoms with Gasteiger partial charge in [0.15, 0.2) is 5.78 Å². The lowest BCUT2D eigenvalue weighted by molar-refractivity contribution is -0.156. The van der Waals surface area contributed by atoms with E-state index in [-0.39, 0.29) is 43.5 Å². The minimum atomic E-state index is -2.54. The van der Waals surface area contributed by atoms with Crippen molar-refractivity contribution in [2.75, 3.05) is 72.0 Å². The molecule has 2 aromatic carbocycles. The van der Waals surface area contributed by atoms with Crippen LogP contribution in [-0.4, -0.2) is 321 Å². The molecule has 14 atom stereocenters. The average Bonchev–Trinajstić information content (AvgIpc) is 1.67. The third-order valence-electron chi connectivity index (χ3n) is 21.6. The van der Waals surface area contributed by atoms with E-state index in [0.717, 1.165) is 57.8 Å². The van der Waals surface area contributed by atoms with Gasteiger partial charge in [-0.25, -0.2) is 4.79 Å². The van der Waals surface area contributed by atoms with Crippen LogP contribution in [0.2, 0.25) is 0 Å². The summed E-state index contributed by atoms with van der Waals surface area (Å²) >= 11 is 4.20. The number of benzene rings is 2. The number of ketones is 1. The number of nitrogens with two attached hydrogens (primary N) is 2. The Balaban J connectivity index is 1.95. The fourth-order valence-electron chi connectivity index (χ4n) is 14.0. The van der Waals surface area contributed by atoms with Gasteiger partial charge in [-0.1, -0.05) is 89.1 Å². The number of aromatic nitrogens is 1. The maximum atomic E-state index is 15.1.